The van der Waals surface area contributed by atoms with Crippen LogP contribution in [0.1, 0.15) is 0 Å². The van der Waals surface area contributed by atoms with Gasteiger partial charge in [-0.15, -0.1) is 0 Å². The Kier molecular flexibility index (Phi) is 3.42. The monoisotopic (exact) mass is 320 g/mol. The van der Waals surface area contributed by atoms with Crippen LogP contribution in [0, 0.1) is 0 Å². The van der Waals surface area contributed by atoms with E-state index in [-0.39, 0.29) is 0 Å². The van der Waals surface area contributed by atoms with Gasteiger partial charge in [0.05, 0.1) is 37.1 Å². The molecule has 6 heteroatoms. The third-order valence-electron chi connectivity index (χ3n) is 3.89. The van der Waals surface area contributed by atoms with E-state index in [1.54, 1.807) is 20.4 Å². The molecular formula is C18H16N4O2. The number of nitrogens with one attached hydrogen (secondary N) is 1. The van der Waals surface area contributed by atoms with Crippen molar-refractivity contribution in [3.8, 4) is 28.7 Å². The van der Waals surface area contributed by atoms with Gasteiger partial charge in [0, 0.05) is 6.07 Å². The minimum Gasteiger partial charge on any atom is -0.493 e. The fraction of sp³-hybridized carbons (Fsp3) is 0.111. The molecule has 0 amide bonds. The summed E-state index contributed by atoms with van der Waals surface area (Å²) in [7, 11) is 3.23. The van der Waals surface area contributed by atoms with Crippen molar-refractivity contribution in [1.29, 1.82) is 0 Å². The van der Waals surface area contributed by atoms with E-state index in [4.69, 9.17) is 9.47 Å². The molecule has 6 nitrogen and oxygen atoms in total. The minimum atomic E-state index is 0.654. The highest BCUT2D eigenvalue weighted by Crippen LogP contribution is 2.30. The van der Waals surface area contributed by atoms with Crippen LogP contribution in [0.3, 0.4) is 0 Å². The van der Waals surface area contributed by atoms with E-state index in [1.807, 2.05) is 53.2 Å². The lowest BCUT2D eigenvalue weighted by Gasteiger charge is -2.11. The van der Waals surface area contributed by atoms with Crippen LogP contribution in [0.15, 0.2) is 54.7 Å². The molecular weight excluding hydrogens is 304 g/mol. The molecule has 0 saturated carbocycles. The Morgan fingerprint density at radius 2 is 1.79 bits per heavy atom. The lowest BCUT2D eigenvalue weighted by Crippen LogP contribution is -2.01. The van der Waals surface area contributed by atoms with Crippen molar-refractivity contribution in [2.24, 2.45) is 0 Å². The number of hydrogen-bond donors (Lipinski definition) is 1. The number of nitrogens with zero attached hydrogens (tertiary/aromatic N) is 3. The molecule has 2 heterocycles. The molecule has 0 aliphatic carbocycles. The Hall–Kier alpha value is -3.28. The zero-order chi connectivity index (χ0) is 16.5. The van der Waals surface area contributed by atoms with Gasteiger partial charge in [-0.3, -0.25) is 0 Å². The van der Waals surface area contributed by atoms with E-state index < -0.39 is 0 Å². The topological polar surface area (TPSA) is 65.0 Å². The molecule has 4 rings (SSSR count). The number of hydrogen-bond acceptors (Lipinski definition) is 4. The van der Waals surface area contributed by atoms with Crippen molar-refractivity contribution in [2.75, 3.05) is 14.2 Å². The van der Waals surface area contributed by atoms with Crippen molar-refractivity contribution >= 4 is 11.0 Å². The maximum Gasteiger partial charge on any atom is 0.162 e. The highest BCUT2D eigenvalue weighted by Gasteiger charge is 2.13. The molecule has 1 N–H and O–H groups in total. The first-order valence-electron chi connectivity index (χ1n) is 7.51. The van der Waals surface area contributed by atoms with Crippen LogP contribution in [0.2, 0.25) is 0 Å². The molecule has 0 unspecified atom stereocenters. The number of H-pyrrole nitrogens is 1. The molecule has 2 aromatic heterocycles. The molecule has 4 aromatic rings. The van der Waals surface area contributed by atoms with Crippen LogP contribution in [-0.4, -0.2) is 34.0 Å². The fourth-order valence-electron chi connectivity index (χ4n) is 2.72. The van der Waals surface area contributed by atoms with Crippen LogP contribution in [0.4, 0.5) is 0 Å². The van der Waals surface area contributed by atoms with Crippen LogP contribution < -0.4 is 9.47 Å². The standard InChI is InChI=1S/C18H16N4O2/c1-23-16-8-7-12(11-17(16)24-2)22-15(9-10-19-22)18-20-13-5-3-4-6-14(13)21-18/h3-11H,1-2H3,(H,20,21). The second-order valence-corrected chi connectivity index (χ2v) is 5.27. The maximum atomic E-state index is 5.38. The summed E-state index contributed by atoms with van der Waals surface area (Å²) < 4.78 is 12.5. The van der Waals surface area contributed by atoms with Crippen LogP contribution in [0.5, 0.6) is 11.5 Å². The summed E-state index contributed by atoms with van der Waals surface area (Å²) in [5.74, 6) is 2.10. The quantitative estimate of drug-likeness (QED) is 0.625. The zero-order valence-corrected chi connectivity index (χ0v) is 13.4. The van der Waals surface area contributed by atoms with Crippen molar-refractivity contribution in [3.63, 3.8) is 0 Å². The summed E-state index contributed by atoms with van der Waals surface area (Å²) >= 11 is 0. The molecule has 2 aromatic carbocycles. The van der Waals surface area contributed by atoms with Crippen molar-refractivity contribution < 1.29 is 9.47 Å². The number of aromatic amines is 1. The number of fused-ring (bicyclic) bond motifs is 1. The average molecular weight is 320 g/mol. The van der Waals surface area contributed by atoms with E-state index in [2.05, 4.69) is 15.1 Å². The first kappa shape index (κ1) is 14.3. The smallest absolute Gasteiger partial charge is 0.162 e. The molecule has 0 aliphatic heterocycles. The minimum absolute atomic E-state index is 0.654. The number of aromatic nitrogens is 4. The second-order valence-electron chi connectivity index (χ2n) is 5.27. The summed E-state index contributed by atoms with van der Waals surface area (Å²) in [5.41, 5.74) is 3.66. The molecule has 0 bridgehead atoms. The summed E-state index contributed by atoms with van der Waals surface area (Å²) in [5, 5.41) is 4.42. The molecule has 0 radical (unpaired) electrons. The Labute approximate surface area is 138 Å². The van der Waals surface area contributed by atoms with Gasteiger partial charge in [0.1, 0.15) is 5.69 Å². The highest BCUT2D eigenvalue weighted by molar-refractivity contribution is 5.78. The molecule has 0 aliphatic rings. The van der Waals surface area contributed by atoms with Crippen molar-refractivity contribution in [3.05, 3.63) is 54.7 Å². The predicted octanol–water partition coefficient (Wildman–Crippen LogP) is 3.43. The van der Waals surface area contributed by atoms with Gasteiger partial charge in [0.25, 0.3) is 0 Å². The number of ether oxygens (including phenoxy) is 2. The van der Waals surface area contributed by atoms with Gasteiger partial charge in [-0.05, 0) is 30.3 Å². The molecule has 0 atom stereocenters. The fourth-order valence-corrected chi connectivity index (χ4v) is 2.72. The average Bonchev–Trinajstić information content (AvgIpc) is 3.27. The Morgan fingerprint density at radius 3 is 2.58 bits per heavy atom. The third kappa shape index (κ3) is 2.28. The largest absolute Gasteiger partial charge is 0.493 e. The summed E-state index contributed by atoms with van der Waals surface area (Å²) in [4.78, 5) is 7.98. The zero-order valence-electron chi connectivity index (χ0n) is 13.4. The second kappa shape index (κ2) is 5.73. The Morgan fingerprint density at radius 1 is 0.958 bits per heavy atom. The summed E-state index contributed by atoms with van der Waals surface area (Å²) in [6, 6.07) is 15.5. The Balaban J connectivity index is 1.83. The number of methoxy groups -OCH3 is 2. The summed E-state index contributed by atoms with van der Waals surface area (Å²) in [6.45, 7) is 0. The number of para-hydroxylation sites is 2. The van der Waals surface area contributed by atoms with E-state index in [0.29, 0.717) is 11.5 Å². The Bertz CT molecular complexity index is 970. The van der Waals surface area contributed by atoms with Crippen LogP contribution in [-0.2, 0) is 0 Å². The third-order valence-corrected chi connectivity index (χ3v) is 3.89. The van der Waals surface area contributed by atoms with Crippen LogP contribution in [0.25, 0.3) is 28.2 Å². The van der Waals surface area contributed by atoms with Gasteiger partial charge in [-0.25, -0.2) is 9.67 Å². The molecule has 0 saturated heterocycles. The van der Waals surface area contributed by atoms with E-state index >= 15 is 0 Å². The number of imidazole rings is 1. The van der Waals surface area contributed by atoms with Gasteiger partial charge >= 0.3 is 0 Å². The molecule has 0 fully saturated rings. The maximum absolute atomic E-state index is 5.38. The number of benzene rings is 2. The van der Waals surface area contributed by atoms with E-state index in [1.165, 1.54) is 0 Å². The lowest BCUT2D eigenvalue weighted by atomic mass is 10.2. The predicted molar refractivity (Wildman–Crippen MR) is 91.8 cm³/mol. The normalized spacial score (nSPS) is 10.9. The van der Waals surface area contributed by atoms with Crippen molar-refractivity contribution in [2.45, 2.75) is 0 Å². The van der Waals surface area contributed by atoms with Crippen LogP contribution >= 0.6 is 0 Å². The first-order chi connectivity index (χ1) is 11.8. The summed E-state index contributed by atoms with van der Waals surface area (Å²) in [6.07, 6.45) is 1.75. The van der Waals surface area contributed by atoms with Gasteiger partial charge in [-0.1, -0.05) is 12.1 Å². The lowest BCUT2D eigenvalue weighted by molar-refractivity contribution is 0.355. The highest BCUT2D eigenvalue weighted by atomic mass is 16.5. The van der Waals surface area contributed by atoms with Gasteiger partial charge < -0.3 is 14.5 Å². The molecule has 120 valence electrons. The number of rotatable bonds is 4. The van der Waals surface area contributed by atoms with E-state index in [0.717, 1.165) is 28.2 Å². The van der Waals surface area contributed by atoms with E-state index in [9.17, 15) is 0 Å². The molecule has 24 heavy (non-hydrogen) atoms. The van der Waals surface area contributed by atoms with Gasteiger partial charge in [-0.2, -0.15) is 5.10 Å². The SMILES string of the molecule is COc1ccc(-n2nccc2-c2nc3ccccc3[nH]2)cc1OC. The van der Waals surface area contributed by atoms with Crippen molar-refractivity contribution in [1.82, 2.24) is 19.7 Å². The van der Waals surface area contributed by atoms with Gasteiger partial charge in [0.2, 0.25) is 0 Å². The van der Waals surface area contributed by atoms with Gasteiger partial charge in [0.15, 0.2) is 17.3 Å². The first-order valence-corrected chi connectivity index (χ1v) is 7.51. The molecule has 0 spiro atoms.